The maximum atomic E-state index is 12.9. The summed E-state index contributed by atoms with van der Waals surface area (Å²) in [5, 5.41) is 2.74. The fraction of sp³-hybridized carbons (Fsp3) is 0.462. The molecule has 1 aromatic rings. The van der Waals surface area contributed by atoms with Gasteiger partial charge in [0.25, 0.3) is 0 Å². The summed E-state index contributed by atoms with van der Waals surface area (Å²) >= 11 is 0. The fourth-order valence-electron chi connectivity index (χ4n) is 1.68. The van der Waals surface area contributed by atoms with Gasteiger partial charge in [0.05, 0.1) is 0 Å². The highest BCUT2D eigenvalue weighted by atomic mass is 19.1. The molecular weight excluding hydrogens is 235 g/mol. The molecule has 0 aliphatic carbocycles. The number of aryl methyl sites for hydroxylation is 1. The van der Waals surface area contributed by atoms with E-state index in [9.17, 15) is 9.18 Å². The monoisotopic (exact) mass is 254 g/mol. The van der Waals surface area contributed by atoms with Crippen molar-refractivity contribution in [1.29, 1.82) is 0 Å². The van der Waals surface area contributed by atoms with Gasteiger partial charge in [-0.3, -0.25) is 4.79 Å². The minimum Gasteiger partial charge on any atom is -0.370 e. The van der Waals surface area contributed by atoms with Gasteiger partial charge in [0, 0.05) is 20.2 Å². The van der Waals surface area contributed by atoms with Gasteiger partial charge in [0.1, 0.15) is 11.9 Å². The number of carbonyl (C=O) groups excluding carboxylic acids is 1. The second kappa shape index (κ2) is 7.08. The van der Waals surface area contributed by atoms with E-state index in [1.807, 2.05) is 6.92 Å². The molecule has 0 fully saturated rings. The Kier molecular flexibility index (Phi) is 5.74. The van der Waals surface area contributed by atoms with Crippen molar-refractivity contribution in [2.75, 3.05) is 20.2 Å². The van der Waals surface area contributed by atoms with Crippen LogP contribution in [0.2, 0.25) is 0 Å². The number of nitrogens with two attached hydrogens (primary N) is 1. The van der Waals surface area contributed by atoms with E-state index in [0.29, 0.717) is 13.0 Å². The predicted molar refractivity (Wildman–Crippen MR) is 67.7 cm³/mol. The van der Waals surface area contributed by atoms with Gasteiger partial charge in [0.15, 0.2) is 0 Å². The first-order valence-corrected chi connectivity index (χ1v) is 5.84. The molecule has 3 N–H and O–H groups in total. The molecular formula is C13H19FN2O2. The smallest absolute Gasteiger partial charge is 0.250 e. The Morgan fingerprint density at radius 3 is 2.83 bits per heavy atom. The lowest BCUT2D eigenvalue weighted by Gasteiger charge is -2.13. The highest BCUT2D eigenvalue weighted by Gasteiger charge is 2.14. The molecule has 0 aliphatic heterocycles. The van der Waals surface area contributed by atoms with Gasteiger partial charge in [-0.1, -0.05) is 6.07 Å². The molecule has 0 saturated heterocycles. The molecule has 0 aliphatic rings. The largest absolute Gasteiger partial charge is 0.370 e. The molecule has 0 spiro atoms. The lowest BCUT2D eigenvalue weighted by molar-refractivity contribution is -0.130. The van der Waals surface area contributed by atoms with Gasteiger partial charge in [-0.05, 0) is 36.6 Å². The van der Waals surface area contributed by atoms with Gasteiger partial charge in [0.2, 0.25) is 5.91 Å². The standard InChI is InChI=1S/C13H19FN2O2/c1-9-7-11(14)4-3-10(9)5-6-16-13(17)12(8-15)18-2/h3-4,7,12H,5-6,8,15H2,1-2H3,(H,16,17). The SMILES string of the molecule is COC(CN)C(=O)NCCc1ccc(F)cc1C. The quantitative estimate of drug-likeness (QED) is 0.788. The van der Waals surface area contributed by atoms with E-state index in [-0.39, 0.29) is 18.3 Å². The maximum Gasteiger partial charge on any atom is 0.250 e. The van der Waals surface area contributed by atoms with Crippen molar-refractivity contribution in [1.82, 2.24) is 5.32 Å². The van der Waals surface area contributed by atoms with E-state index in [0.717, 1.165) is 11.1 Å². The summed E-state index contributed by atoms with van der Waals surface area (Å²) in [6.07, 6.45) is 0.0399. The Hall–Kier alpha value is -1.46. The molecule has 1 amide bonds. The second-order valence-electron chi connectivity index (χ2n) is 4.07. The summed E-state index contributed by atoms with van der Waals surface area (Å²) in [5.41, 5.74) is 7.27. The van der Waals surface area contributed by atoms with Crippen LogP contribution in [0.1, 0.15) is 11.1 Å². The first kappa shape index (κ1) is 14.6. The van der Waals surface area contributed by atoms with Crippen LogP contribution in [0.25, 0.3) is 0 Å². The van der Waals surface area contributed by atoms with E-state index in [2.05, 4.69) is 5.32 Å². The molecule has 4 nitrogen and oxygen atoms in total. The van der Waals surface area contributed by atoms with Crippen molar-refractivity contribution in [3.8, 4) is 0 Å². The number of amides is 1. The summed E-state index contributed by atoms with van der Waals surface area (Å²) in [4.78, 5) is 11.6. The zero-order valence-electron chi connectivity index (χ0n) is 10.7. The zero-order chi connectivity index (χ0) is 13.5. The Bertz CT molecular complexity index is 406. The van der Waals surface area contributed by atoms with Crippen LogP contribution in [0, 0.1) is 12.7 Å². The van der Waals surface area contributed by atoms with Crippen molar-refractivity contribution >= 4 is 5.91 Å². The molecule has 0 aromatic heterocycles. The minimum atomic E-state index is -0.612. The van der Waals surface area contributed by atoms with Crippen LogP contribution in [0.4, 0.5) is 4.39 Å². The number of ether oxygens (including phenoxy) is 1. The molecule has 100 valence electrons. The van der Waals surface area contributed by atoms with E-state index in [1.165, 1.54) is 19.2 Å². The number of methoxy groups -OCH3 is 1. The van der Waals surface area contributed by atoms with Crippen molar-refractivity contribution in [2.45, 2.75) is 19.4 Å². The molecule has 1 unspecified atom stereocenters. The lowest BCUT2D eigenvalue weighted by Crippen LogP contribution is -2.41. The third kappa shape index (κ3) is 4.09. The topological polar surface area (TPSA) is 64.3 Å². The summed E-state index contributed by atoms with van der Waals surface area (Å²) in [6.45, 7) is 2.47. The van der Waals surface area contributed by atoms with Gasteiger partial charge in [-0.2, -0.15) is 0 Å². The average molecular weight is 254 g/mol. The van der Waals surface area contributed by atoms with Crippen LogP contribution in [0.15, 0.2) is 18.2 Å². The predicted octanol–water partition coefficient (Wildman–Crippen LogP) is 0.767. The first-order chi connectivity index (χ1) is 8.58. The van der Waals surface area contributed by atoms with E-state index >= 15 is 0 Å². The molecule has 1 rings (SSSR count). The highest BCUT2D eigenvalue weighted by molar-refractivity contribution is 5.80. The normalized spacial score (nSPS) is 12.2. The van der Waals surface area contributed by atoms with Crippen LogP contribution in [0.3, 0.4) is 0 Å². The Morgan fingerprint density at radius 2 is 2.28 bits per heavy atom. The van der Waals surface area contributed by atoms with Crippen LogP contribution in [-0.2, 0) is 16.0 Å². The summed E-state index contributed by atoms with van der Waals surface area (Å²) in [6, 6.07) is 4.63. The molecule has 0 radical (unpaired) electrons. The Morgan fingerprint density at radius 1 is 1.56 bits per heavy atom. The number of benzene rings is 1. The summed E-state index contributed by atoms with van der Waals surface area (Å²) in [5.74, 6) is -0.470. The average Bonchev–Trinajstić information content (AvgIpc) is 2.33. The third-order valence-corrected chi connectivity index (χ3v) is 2.79. The number of hydrogen-bond donors (Lipinski definition) is 2. The van der Waals surface area contributed by atoms with Gasteiger partial charge in [-0.15, -0.1) is 0 Å². The van der Waals surface area contributed by atoms with Gasteiger partial charge in [-0.25, -0.2) is 4.39 Å². The minimum absolute atomic E-state index is 0.151. The molecule has 0 saturated carbocycles. The van der Waals surface area contributed by atoms with Crippen molar-refractivity contribution in [3.63, 3.8) is 0 Å². The number of halogens is 1. The van der Waals surface area contributed by atoms with Crippen LogP contribution in [0.5, 0.6) is 0 Å². The maximum absolute atomic E-state index is 12.9. The van der Waals surface area contributed by atoms with Crippen molar-refractivity contribution in [2.24, 2.45) is 5.73 Å². The lowest BCUT2D eigenvalue weighted by atomic mass is 10.1. The highest BCUT2D eigenvalue weighted by Crippen LogP contribution is 2.10. The number of hydrogen-bond acceptors (Lipinski definition) is 3. The van der Waals surface area contributed by atoms with E-state index < -0.39 is 6.10 Å². The summed E-state index contributed by atoms with van der Waals surface area (Å²) in [7, 11) is 1.45. The van der Waals surface area contributed by atoms with E-state index in [1.54, 1.807) is 6.07 Å². The van der Waals surface area contributed by atoms with E-state index in [4.69, 9.17) is 10.5 Å². The number of carbonyl (C=O) groups is 1. The van der Waals surface area contributed by atoms with Gasteiger partial charge < -0.3 is 15.8 Å². The van der Waals surface area contributed by atoms with Crippen molar-refractivity contribution in [3.05, 3.63) is 35.1 Å². The molecule has 18 heavy (non-hydrogen) atoms. The molecule has 0 bridgehead atoms. The molecule has 0 heterocycles. The molecule has 5 heteroatoms. The summed E-state index contributed by atoms with van der Waals surface area (Å²) < 4.78 is 17.8. The Balaban J connectivity index is 2.44. The van der Waals surface area contributed by atoms with Crippen molar-refractivity contribution < 1.29 is 13.9 Å². The number of nitrogens with one attached hydrogen (secondary N) is 1. The van der Waals surface area contributed by atoms with Gasteiger partial charge >= 0.3 is 0 Å². The van der Waals surface area contributed by atoms with Crippen LogP contribution < -0.4 is 11.1 Å². The third-order valence-electron chi connectivity index (χ3n) is 2.79. The molecule has 1 atom stereocenters. The Labute approximate surface area is 106 Å². The zero-order valence-corrected chi connectivity index (χ0v) is 10.7. The molecule has 1 aromatic carbocycles. The van der Waals surface area contributed by atoms with Crippen LogP contribution >= 0.6 is 0 Å². The van der Waals surface area contributed by atoms with Crippen LogP contribution in [-0.4, -0.2) is 32.2 Å². The first-order valence-electron chi connectivity index (χ1n) is 5.84. The fourth-order valence-corrected chi connectivity index (χ4v) is 1.68. The number of rotatable bonds is 6. The second-order valence-corrected chi connectivity index (χ2v) is 4.07.